The molecular weight excluding hydrogens is 442 g/mol. The lowest BCUT2D eigenvalue weighted by Crippen LogP contribution is -2.22. The SMILES string of the molecule is CCC(COC)OC(=O)c1ccc(NSc2cc(-c3ccccc3)c(Cl)s2)cc1O. The number of anilines is 1. The van der Waals surface area contributed by atoms with Gasteiger partial charge in [0.25, 0.3) is 0 Å². The summed E-state index contributed by atoms with van der Waals surface area (Å²) < 4.78 is 15.3. The minimum atomic E-state index is -0.576. The molecule has 3 aromatic rings. The molecule has 1 aromatic heterocycles. The molecule has 0 radical (unpaired) electrons. The summed E-state index contributed by atoms with van der Waals surface area (Å²) in [5.41, 5.74) is 2.81. The van der Waals surface area contributed by atoms with Gasteiger partial charge in [0, 0.05) is 24.4 Å². The summed E-state index contributed by atoms with van der Waals surface area (Å²) in [5, 5.41) is 10.3. The van der Waals surface area contributed by atoms with Crippen LogP contribution < -0.4 is 4.72 Å². The van der Waals surface area contributed by atoms with Gasteiger partial charge in [-0.15, -0.1) is 11.3 Å². The number of thiophene rings is 1. The number of carbonyl (C=O) groups excluding carboxylic acids is 1. The molecule has 0 aliphatic heterocycles. The fraction of sp³-hybridized carbons (Fsp3) is 0.227. The average Bonchev–Trinajstić information content (AvgIpc) is 3.13. The molecule has 0 saturated carbocycles. The smallest absolute Gasteiger partial charge is 0.342 e. The molecule has 1 atom stereocenters. The van der Waals surface area contributed by atoms with E-state index in [1.54, 1.807) is 13.2 Å². The van der Waals surface area contributed by atoms with Crippen LogP contribution in [0.3, 0.4) is 0 Å². The second kappa shape index (κ2) is 10.7. The van der Waals surface area contributed by atoms with Crippen molar-refractivity contribution in [2.24, 2.45) is 0 Å². The molecule has 2 aromatic carbocycles. The van der Waals surface area contributed by atoms with Crippen molar-refractivity contribution in [1.29, 1.82) is 0 Å². The molecule has 0 bridgehead atoms. The number of hydrogen-bond acceptors (Lipinski definition) is 7. The second-order valence-corrected chi connectivity index (χ2v) is 9.21. The standard InChI is InChI=1S/C22H22ClNO4S2/c1-3-16(13-27-2)28-22(26)17-10-9-15(11-19(17)25)24-30-20-12-18(21(23)29-20)14-7-5-4-6-8-14/h4-12,16,24-25H,3,13H2,1-2H3. The van der Waals surface area contributed by atoms with Gasteiger partial charge < -0.3 is 19.3 Å². The van der Waals surface area contributed by atoms with Crippen molar-refractivity contribution < 1.29 is 19.4 Å². The van der Waals surface area contributed by atoms with Crippen LogP contribution in [0.1, 0.15) is 23.7 Å². The Morgan fingerprint density at radius 3 is 2.67 bits per heavy atom. The number of carbonyl (C=O) groups is 1. The van der Waals surface area contributed by atoms with E-state index >= 15 is 0 Å². The molecule has 1 unspecified atom stereocenters. The molecule has 158 valence electrons. The first-order valence-corrected chi connectivity index (χ1v) is 11.3. The van der Waals surface area contributed by atoms with Gasteiger partial charge in [-0.25, -0.2) is 4.79 Å². The zero-order valence-corrected chi connectivity index (χ0v) is 18.9. The Kier molecular flexibility index (Phi) is 8.04. The third-order valence-corrected chi connectivity index (χ3v) is 6.63. The molecule has 30 heavy (non-hydrogen) atoms. The normalized spacial score (nSPS) is 11.8. The van der Waals surface area contributed by atoms with E-state index in [4.69, 9.17) is 21.1 Å². The minimum absolute atomic E-state index is 0.116. The summed E-state index contributed by atoms with van der Waals surface area (Å²) in [7, 11) is 1.55. The molecule has 8 heteroatoms. The van der Waals surface area contributed by atoms with Crippen molar-refractivity contribution in [2.45, 2.75) is 23.7 Å². The maximum absolute atomic E-state index is 12.3. The van der Waals surface area contributed by atoms with Gasteiger partial charge >= 0.3 is 5.97 Å². The lowest BCUT2D eigenvalue weighted by atomic mass is 10.1. The van der Waals surface area contributed by atoms with E-state index in [1.165, 1.54) is 35.4 Å². The van der Waals surface area contributed by atoms with Crippen LogP contribution in [-0.4, -0.2) is 30.9 Å². The van der Waals surface area contributed by atoms with E-state index in [1.807, 2.05) is 43.3 Å². The number of nitrogens with one attached hydrogen (secondary N) is 1. The molecule has 0 saturated heterocycles. The topological polar surface area (TPSA) is 67.8 Å². The molecule has 0 spiro atoms. The number of methoxy groups -OCH3 is 1. The summed E-state index contributed by atoms with van der Waals surface area (Å²) in [6.07, 6.45) is 0.281. The molecule has 2 N–H and O–H groups in total. The first-order chi connectivity index (χ1) is 14.5. The number of rotatable bonds is 9. The predicted molar refractivity (Wildman–Crippen MR) is 124 cm³/mol. The fourth-order valence-corrected chi connectivity index (χ4v) is 4.98. The van der Waals surface area contributed by atoms with Crippen LogP contribution in [-0.2, 0) is 9.47 Å². The zero-order chi connectivity index (χ0) is 21.5. The van der Waals surface area contributed by atoms with Crippen molar-refractivity contribution in [3.63, 3.8) is 0 Å². The van der Waals surface area contributed by atoms with E-state index in [-0.39, 0.29) is 17.4 Å². The summed E-state index contributed by atoms with van der Waals surface area (Å²) >= 11 is 9.25. The van der Waals surface area contributed by atoms with Gasteiger partial charge in [-0.3, -0.25) is 0 Å². The number of hydrogen-bond donors (Lipinski definition) is 2. The number of phenolic OH excluding ortho intramolecular Hbond substituents is 1. The van der Waals surface area contributed by atoms with Crippen LogP contribution in [0.2, 0.25) is 4.34 Å². The number of halogens is 1. The molecular formula is C22H22ClNO4S2. The Bertz CT molecular complexity index is 994. The number of aromatic hydroxyl groups is 1. The highest BCUT2D eigenvalue weighted by molar-refractivity contribution is 8.02. The lowest BCUT2D eigenvalue weighted by molar-refractivity contribution is 0.00451. The Morgan fingerprint density at radius 2 is 2.00 bits per heavy atom. The highest BCUT2D eigenvalue weighted by atomic mass is 35.5. The monoisotopic (exact) mass is 463 g/mol. The molecule has 0 fully saturated rings. The Balaban J connectivity index is 1.64. The summed E-state index contributed by atoms with van der Waals surface area (Å²) in [6.45, 7) is 2.22. The van der Waals surface area contributed by atoms with Crippen molar-refractivity contribution in [3.8, 4) is 16.9 Å². The second-order valence-electron chi connectivity index (χ2n) is 6.45. The van der Waals surface area contributed by atoms with Crippen molar-refractivity contribution in [3.05, 3.63) is 64.5 Å². The molecule has 0 aliphatic carbocycles. The Morgan fingerprint density at radius 1 is 1.23 bits per heavy atom. The highest BCUT2D eigenvalue weighted by Gasteiger charge is 2.18. The van der Waals surface area contributed by atoms with E-state index in [2.05, 4.69) is 4.72 Å². The molecule has 0 aliphatic rings. The van der Waals surface area contributed by atoms with Crippen LogP contribution in [0.5, 0.6) is 5.75 Å². The first-order valence-electron chi connectivity index (χ1n) is 9.32. The maximum Gasteiger partial charge on any atom is 0.342 e. The summed E-state index contributed by atoms with van der Waals surface area (Å²) in [6, 6.07) is 16.7. The highest BCUT2D eigenvalue weighted by Crippen LogP contribution is 2.40. The molecule has 0 amide bonds. The van der Waals surface area contributed by atoms with Gasteiger partial charge in [-0.2, -0.15) is 0 Å². The number of ether oxygens (including phenoxy) is 2. The van der Waals surface area contributed by atoms with Gasteiger partial charge in [0.15, 0.2) is 0 Å². The van der Waals surface area contributed by atoms with Crippen molar-refractivity contribution in [1.82, 2.24) is 0 Å². The Hall–Kier alpha value is -2.19. The minimum Gasteiger partial charge on any atom is -0.507 e. The first kappa shape index (κ1) is 22.5. The Labute approximate surface area is 189 Å². The van der Waals surface area contributed by atoms with Crippen LogP contribution in [0.4, 0.5) is 5.69 Å². The van der Waals surface area contributed by atoms with E-state index in [9.17, 15) is 9.90 Å². The summed E-state index contributed by atoms with van der Waals surface area (Å²) in [5.74, 6) is -0.722. The van der Waals surface area contributed by atoms with Gasteiger partial charge in [0.2, 0.25) is 0 Å². The van der Waals surface area contributed by atoms with Crippen molar-refractivity contribution >= 4 is 46.5 Å². The van der Waals surface area contributed by atoms with Crippen LogP contribution in [0.15, 0.2) is 58.8 Å². The third kappa shape index (κ3) is 5.70. The number of esters is 1. The van der Waals surface area contributed by atoms with Gasteiger partial charge in [0.05, 0.1) is 10.8 Å². The fourth-order valence-electron chi connectivity index (χ4n) is 2.73. The third-order valence-electron chi connectivity index (χ3n) is 4.32. The van der Waals surface area contributed by atoms with Gasteiger partial charge in [-0.05, 0) is 42.1 Å². The van der Waals surface area contributed by atoms with E-state index < -0.39 is 5.97 Å². The largest absolute Gasteiger partial charge is 0.507 e. The number of phenols is 1. The maximum atomic E-state index is 12.3. The van der Waals surface area contributed by atoms with Gasteiger partial charge in [-0.1, -0.05) is 48.9 Å². The summed E-state index contributed by atoms with van der Waals surface area (Å²) in [4.78, 5) is 12.3. The average molecular weight is 464 g/mol. The van der Waals surface area contributed by atoms with Gasteiger partial charge in [0.1, 0.15) is 21.8 Å². The lowest BCUT2D eigenvalue weighted by Gasteiger charge is -2.16. The molecule has 1 heterocycles. The van der Waals surface area contributed by atoms with E-state index in [0.29, 0.717) is 23.1 Å². The van der Waals surface area contributed by atoms with Crippen LogP contribution in [0, 0.1) is 0 Å². The van der Waals surface area contributed by atoms with E-state index in [0.717, 1.165) is 15.3 Å². The zero-order valence-electron chi connectivity index (χ0n) is 16.6. The number of benzene rings is 2. The van der Waals surface area contributed by atoms with Crippen LogP contribution in [0.25, 0.3) is 11.1 Å². The van der Waals surface area contributed by atoms with Crippen molar-refractivity contribution in [2.75, 3.05) is 18.4 Å². The molecule has 3 rings (SSSR count). The van der Waals surface area contributed by atoms with Crippen LogP contribution >= 0.6 is 34.9 Å². The molecule has 5 nitrogen and oxygen atoms in total. The predicted octanol–water partition coefficient (Wildman–Crippen LogP) is 6.48. The quantitative estimate of drug-likeness (QED) is 0.280.